The van der Waals surface area contributed by atoms with Crippen molar-refractivity contribution in [1.29, 1.82) is 0 Å². The zero-order valence-electron chi connectivity index (χ0n) is 17.4. The Kier molecular flexibility index (Phi) is 5.99. The number of fused-ring (bicyclic) bond motifs is 3. The molecule has 6 heteroatoms. The van der Waals surface area contributed by atoms with Crippen molar-refractivity contribution in [2.24, 2.45) is 0 Å². The fraction of sp³-hybridized carbons (Fsp3) is 0.292. The fourth-order valence-corrected chi connectivity index (χ4v) is 5.15. The Morgan fingerprint density at radius 1 is 1.07 bits per heavy atom. The monoisotopic (exact) mass is 422 g/mol. The average Bonchev–Trinajstić information content (AvgIpc) is 2.87. The van der Waals surface area contributed by atoms with Gasteiger partial charge in [0.15, 0.2) is 0 Å². The lowest BCUT2D eigenvalue weighted by molar-refractivity contribution is -0.126. The number of thioether (sulfide) groups is 1. The lowest BCUT2D eigenvalue weighted by atomic mass is 10.1. The van der Waals surface area contributed by atoms with E-state index in [1.807, 2.05) is 67.5 Å². The van der Waals surface area contributed by atoms with Crippen LogP contribution in [0.2, 0.25) is 0 Å². The molecule has 3 aromatic rings. The minimum Gasteiger partial charge on any atom is -0.497 e. The van der Waals surface area contributed by atoms with Crippen molar-refractivity contribution in [2.75, 3.05) is 39.2 Å². The Bertz CT molecular complexity index is 1050. The number of carbonyl (C=O) groups is 1. The topological polar surface area (TPSA) is 53.0 Å². The number of benzene rings is 3. The van der Waals surface area contributed by atoms with Gasteiger partial charge in [-0.1, -0.05) is 42.5 Å². The lowest BCUT2D eigenvalue weighted by Gasteiger charge is -2.26. The summed E-state index contributed by atoms with van der Waals surface area (Å²) in [5.41, 5.74) is 1.76. The summed E-state index contributed by atoms with van der Waals surface area (Å²) in [6.45, 7) is 1.23. The van der Waals surface area contributed by atoms with Crippen LogP contribution in [-0.4, -0.2) is 56.3 Å². The maximum absolute atomic E-state index is 13.4. The first-order chi connectivity index (χ1) is 14.5. The van der Waals surface area contributed by atoms with Gasteiger partial charge in [-0.15, -0.1) is 11.8 Å². The van der Waals surface area contributed by atoms with Gasteiger partial charge in [0, 0.05) is 18.0 Å². The first-order valence-corrected chi connectivity index (χ1v) is 10.8. The van der Waals surface area contributed by atoms with E-state index in [1.54, 1.807) is 23.8 Å². The lowest BCUT2D eigenvalue weighted by Crippen LogP contribution is -2.43. The van der Waals surface area contributed by atoms with Crippen LogP contribution in [0.15, 0.2) is 65.6 Å². The van der Waals surface area contributed by atoms with Crippen LogP contribution in [0.5, 0.6) is 5.75 Å². The standard InChI is InChI=1S/C24H26N2O3S/c1-25(2)14-15-26-20-13-10-16-6-4-5-7-19(16)23(20)30-22(21(27)24(26)28)17-8-11-18(29-3)12-9-17/h4-13,21-22,27H,14-15H2,1-3H3/t21-,22+/m0/s1. The average molecular weight is 423 g/mol. The SMILES string of the molecule is COc1ccc([C@H]2Sc3c(ccc4ccccc34)N(CCN(C)C)C(=O)[C@H]2O)cc1. The summed E-state index contributed by atoms with van der Waals surface area (Å²) in [5, 5.41) is 12.9. The van der Waals surface area contributed by atoms with Gasteiger partial charge in [0.1, 0.15) is 11.9 Å². The second kappa shape index (κ2) is 8.68. The van der Waals surface area contributed by atoms with E-state index in [0.29, 0.717) is 13.1 Å². The molecule has 156 valence electrons. The molecule has 1 N–H and O–H groups in total. The molecular weight excluding hydrogens is 396 g/mol. The van der Waals surface area contributed by atoms with Crippen LogP contribution in [0.25, 0.3) is 10.8 Å². The summed E-state index contributed by atoms with van der Waals surface area (Å²) in [5.74, 6) is 0.482. The van der Waals surface area contributed by atoms with E-state index in [1.165, 1.54) is 0 Å². The van der Waals surface area contributed by atoms with Gasteiger partial charge in [-0.2, -0.15) is 0 Å². The van der Waals surface area contributed by atoms with Gasteiger partial charge in [-0.05, 0) is 48.6 Å². The highest BCUT2D eigenvalue weighted by Gasteiger charge is 2.37. The summed E-state index contributed by atoms with van der Waals surface area (Å²) in [4.78, 5) is 18.2. The Hall–Kier alpha value is -2.54. The summed E-state index contributed by atoms with van der Waals surface area (Å²) >= 11 is 1.56. The quantitative estimate of drug-likeness (QED) is 0.675. The third-order valence-corrected chi connectivity index (χ3v) is 6.86. The van der Waals surface area contributed by atoms with Crippen molar-refractivity contribution < 1.29 is 14.6 Å². The van der Waals surface area contributed by atoms with Gasteiger partial charge in [-0.3, -0.25) is 4.79 Å². The predicted molar refractivity (Wildman–Crippen MR) is 122 cm³/mol. The van der Waals surface area contributed by atoms with Crippen molar-refractivity contribution in [1.82, 2.24) is 4.90 Å². The Morgan fingerprint density at radius 2 is 1.80 bits per heavy atom. The minimum atomic E-state index is -1.14. The third-order valence-electron chi connectivity index (χ3n) is 5.42. The summed E-state index contributed by atoms with van der Waals surface area (Å²) in [7, 11) is 5.59. The molecule has 0 bridgehead atoms. The van der Waals surface area contributed by atoms with E-state index in [9.17, 15) is 9.90 Å². The normalized spacial score (nSPS) is 19.1. The van der Waals surface area contributed by atoms with E-state index in [-0.39, 0.29) is 5.91 Å². The van der Waals surface area contributed by atoms with Gasteiger partial charge in [0.05, 0.1) is 18.0 Å². The number of rotatable bonds is 5. The molecule has 30 heavy (non-hydrogen) atoms. The van der Waals surface area contributed by atoms with E-state index >= 15 is 0 Å². The Balaban J connectivity index is 1.84. The smallest absolute Gasteiger partial charge is 0.257 e. The Morgan fingerprint density at radius 3 is 2.50 bits per heavy atom. The van der Waals surface area contributed by atoms with E-state index in [2.05, 4.69) is 12.1 Å². The van der Waals surface area contributed by atoms with Crippen LogP contribution < -0.4 is 9.64 Å². The molecule has 0 radical (unpaired) electrons. The number of anilines is 1. The summed E-state index contributed by atoms with van der Waals surface area (Å²) in [6, 6.07) is 19.8. The third kappa shape index (κ3) is 3.90. The van der Waals surface area contributed by atoms with Gasteiger partial charge >= 0.3 is 0 Å². The number of methoxy groups -OCH3 is 1. The van der Waals surface area contributed by atoms with Crippen LogP contribution in [0.4, 0.5) is 5.69 Å². The largest absolute Gasteiger partial charge is 0.497 e. The second-order valence-electron chi connectivity index (χ2n) is 7.68. The van der Waals surface area contributed by atoms with Gasteiger partial charge in [0.25, 0.3) is 5.91 Å². The highest BCUT2D eigenvalue weighted by Crippen LogP contribution is 2.48. The molecule has 0 aliphatic carbocycles. The zero-order valence-corrected chi connectivity index (χ0v) is 18.2. The molecule has 3 aromatic carbocycles. The van der Waals surface area contributed by atoms with Crippen molar-refractivity contribution in [2.45, 2.75) is 16.2 Å². The summed E-state index contributed by atoms with van der Waals surface area (Å²) in [6.07, 6.45) is -1.14. The van der Waals surface area contributed by atoms with E-state index in [4.69, 9.17) is 4.74 Å². The highest BCUT2D eigenvalue weighted by atomic mass is 32.2. The molecule has 0 fully saturated rings. The number of nitrogens with zero attached hydrogens (tertiary/aromatic N) is 2. The molecule has 5 nitrogen and oxygen atoms in total. The molecular formula is C24H26N2O3S. The molecule has 0 saturated heterocycles. The van der Waals surface area contributed by atoms with Crippen molar-refractivity contribution in [3.8, 4) is 5.75 Å². The van der Waals surface area contributed by atoms with Gasteiger partial charge in [0.2, 0.25) is 0 Å². The Labute approximate surface area is 181 Å². The number of likely N-dealkylation sites (N-methyl/N-ethyl adjacent to an activating group) is 1. The van der Waals surface area contributed by atoms with Gasteiger partial charge < -0.3 is 19.6 Å². The van der Waals surface area contributed by atoms with Crippen molar-refractivity contribution in [3.63, 3.8) is 0 Å². The first kappa shape index (κ1) is 20.7. The van der Waals surface area contributed by atoms with Gasteiger partial charge in [-0.25, -0.2) is 0 Å². The van der Waals surface area contributed by atoms with Crippen molar-refractivity contribution >= 4 is 34.1 Å². The number of aliphatic hydroxyl groups excluding tert-OH is 1. The number of carbonyl (C=O) groups excluding carboxylic acids is 1. The molecule has 1 aliphatic heterocycles. The van der Waals surface area contributed by atoms with Crippen LogP contribution in [0, 0.1) is 0 Å². The van der Waals surface area contributed by atoms with E-state index in [0.717, 1.165) is 32.7 Å². The van der Waals surface area contributed by atoms with E-state index < -0.39 is 11.4 Å². The minimum absolute atomic E-state index is 0.265. The van der Waals surface area contributed by atoms with Crippen LogP contribution in [-0.2, 0) is 4.79 Å². The molecule has 0 unspecified atom stereocenters. The fourth-order valence-electron chi connectivity index (χ4n) is 3.74. The van der Waals surface area contributed by atoms with Crippen LogP contribution in [0.1, 0.15) is 10.8 Å². The highest BCUT2D eigenvalue weighted by molar-refractivity contribution is 8.00. The molecule has 2 atom stereocenters. The number of hydrogen-bond donors (Lipinski definition) is 1. The molecule has 1 amide bonds. The zero-order chi connectivity index (χ0) is 21.3. The second-order valence-corrected chi connectivity index (χ2v) is 8.84. The molecule has 0 saturated carbocycles. The number of amides is 1. The van der Waals surface area contributed by atoms with Crippen molar-refractivity contribution in [3.05, 3.63) is 66.2 Å². The van der Waals surface area contributed by atoms with Crippen LogP contribution >= 0.6 is 11.8 Å². The number of aliphatic hydroxyl groups is 1. The molecule has 1 aliphatic rings. The molecule has 0 aromatic heterocycles. The number of ether oxygens (including phenoxy) is 1. The predicted octanol–water partition coefficient (Wildman–Crippen LogP) is 3.95. The number of hydrogen-bond acceptors (Lipinski definition) is 5. The maximum atomic E-state index is 13.4. The first-order valence-electron chi connectivity index (χ1n) is 9.96. The summed E-state index contributed by atoms with van der Waals surface area (Å²) < 4.78 is 5.27. The molecule has 1 heterocycles. The van der Waals surface area contributed by atoms with Crippen LogP contribution in [0.3, 0.4) is 0 Å². The molecule has 4 rings (SSSR count). The molecule has 0 spiro atoms. The maximum Gasteiger partial charge on any atom is 0.257 e.